The highest BCUT2D eigenvalue weighted by Crippen LogP contribution is 2.38. The summed E-state index contributed by atoms with van der Waals surface area (Å²) < 4.78 is 0. The van der Waals surface area contributed by atoms with Crippen molar-refractivity contribution in [3.05, 3.63) is 59.2 Å². The molecule has 1 atom stereocenters. The minimum absolute atomic E-state index is 0.0374. The maximum absolute atomic E-state index is 10.7. The maximum atomic E-state index is 10.7. The van der Waals surface area contributed by atoms with Gasteiger partial charge in [0, 0.05) is 6.42 Å². The quantitative estimate of drug-likeness (QED) is 0.771. The van der Waals surface area contributed by atoms with Crippen LogP contribution in [0.25, 0.3) is 11.1 Å². The molecule has 0 amide bonds. The van der Waals surface area contributed by atoms with Gasteiger partial charge in [-0.3, -0.25) is 4.79 Å². The Morgan fingerprint density at radius 2 is 1.86 bits per heavy atom. The number of aliphatic hydroxyl groups is 1. The second kappa shape index (κ2) is 5.01. The van der Waals surface area contributed by atoms with Crippen molar-refractivity contribution < 1.29 is 15.0 Å². The van der Waals surface area contributed by atoms with E-state index in [1.807, 2.05) is 30.3 Å². The molecular formula is C18H18O3. The van der Waals surface area contributed by atoms with Crippen LogP contribution in [0.2, 0.25) is 0 Å². The molecule has 0 aliphatic heterocycles. The summed E-state index contributed by atoms with van der Waals surface area (Å²) in [4.78, 5) is 10.7. The minimum Gasteiger partial charge on any atom is -0.481 e. The lowest BCUT2D eigenvalue weighted by Crippen LogP contribution is -2.22. The lowest BCUT2D eigenvalue weighted by Gasteiger charge is -2.24. The van der Waals surface area contributed by atoms with Gasteiger partial charge in [-0.05, 0) is 47.6 Å². The fourth-order valence-corrected chi connectivity index (χ4v) is 2.97. The first-order valence-corrected chi connectivity index (χ1v) is 7.13. The molecule has 0 radical (unpaired) electrons. The molecule has 1 aliphatic carbocycles. The summed E-state index contributed by atoms with van der Waals surface area (Å²) in [5, 5.41) is 19.3. The second-order valence-corrected chi connectivity index (χ2v) is 5.87. The van der Waals surface area contributed by atoms with E-state index in [9.17, 15) is 9.90 Å². The third kappa shape index (κ3) is 2.57. The van der Waals surface area contributed by atoms with Gasteiger partial charge in [0.15, 0.2) is 0 Å². The molecule has 108 valence electrons. The standard InChI is InChI=1S/C18H18O3/c1-18(21,9-8-17(19)20)14-6-7-16-13(11-14)10-12-4-2-3-5-15(12)16/h2-7,11,21H,8-10H2,1H3,(H,19,20). The van der Waals surface area contributed by atoms with Gasteiger partial charge in [0.2, 0.25) is 0 Å². The first-order chi connectivity index (χ1) is 9.97. The van der Waals surface area contributed by atoms with E-state index in [0.717, 1.165) is 12.0 Å². The number of fused-ring (bicyclic) bond motifs is 3. The molecule has 0 fully saturated rings. The fraction of sp³-hybridized carbons (Fsp3) is 0.278. The zero-order chi connectivity index (χ0) is 15.0. The van der Waals surface area contributed by atoms with Gasteiger partial charge in [0.1, 0.15) is 0 Å². The Balaban J connectivity index is 1.91. The topological polar surface area (TPSA) is 57.5 Å². The van der Waals surface area contributed by atoms with Crippen molar-refractivity contribution in [2.24, 2.45) is 0 Å². The van der Waals surface area contributed by atoms with Crippen LogP contribution in [-0.4, -0.2) is 16.2 Å². The van der Waals surface area contributed by atoms with Crippen molar-refractivity contribution in [1.29, 1.82) is 0 Å². The van der Waals surface area contributed by atoms with Crippen LogP contribution in [-0.2, 0) is 16.8 Å². The van der Waals surface area contributed by atoms with Crippen LogP contribution in [0.1, 0.15) is 36.5 Å². The van der Waals surface area contributed by atoms with E-state index in [2.05, 4.69) is 12.1 Å². The van der Waals surface area contributed by atoms with E-state index in [0.29, 0.717) is 0 Å². The number of benzene rings is 2. The lowest BCUT2D eigenvalue weighted by atomic mass is 9.89. The first kappa shape index (κ1) is 13.8. The van der Waals surface area contributed by atoms with Gasteiger partial charge in [-0.1, -0.05) is 42.5 Å². The van der Waals surface area contributed by atoms with Gasteiger partial charge < -0.3 is 10.2 Å². The number of rotatable bonds is 4. The number of aliphatic carboxylic acids is 1. The molecule has 1 unspecified atom stereocenters. The van der Waals surface area contributed by atoms with Crippen LogP contribution in [0, 0.1) is 0 Å². The Kier molecular flexibility index (Phi) is 3.30. The molecule has 0 saturated carbocycles. The average Bonchev–Trinajstić information content (AvgIpc) is 2.83. The van der Waals surface area contributed by atoms with Crippen molar-refractivity contribution in [1.82, 2.24) is 0 Å². The maximum Gasteiger partial charge on any atom is 0.303 e. The molecule has 0 spiro atoms. The summed E-state index contributed by atoms with van der Waals surface area (Å²) in [6, 6.07) is 14.3. The number of carboxylic acid groups (broad SMARTS) is 1. The third-order valence-corrected chi connectivity index (χ3v) is 4.24. The molecule has 3 heteroatoms. The molecule has 3 nitrogen and oxygen atoms in total. The Hall–Kier alpha value is -2.13. The van der Waals surface area contributed by atoms with Gasteiger partial charge in [0.05, 0.1) is 5.60 Å². The van der Waals surface area contributed by atoms with E-state index in [-0.39, 0.29) is 12.8 Å². The summed E-state index contributed by atoms with van der Waals surface area (Å²) in [7, 11) is 0. The predicted octanol–water partition coefficient (Wildman–Crippen LogP) is 3.33. The van der Waals surface area contributed by atoms with E-state index in [1.165, 1.54) is 22.3 Å². The van der Waals surface area contributed by atoms with E-state index >= 15 is 0 Å². The molecular weight excluding hydrogens is 264 g/mol. The van der Waals surface area contributed by atoms with Crippen LogP contribution >= 0.6 is 0 Å². The SMILES string of the molecule is CC(O)(CCC(=O)O)c1ccc2c(c1)Cc1ccccc1-2. The highest BCUT2D eigenvalue weighted by molar-refractivity contribution is 5.77. The second-order valence-electron chi connectivity index (χ2n) is 5.87. The number of hydrogen-bond acceptors (Lipinski definition) is 2. The molecule has 0 bridgehead atoms. The lowest BCUT2D eigenvalue weighted by molar-refractivity contribution is -0.138. The Morgan fingerprint density at radius 3 is 2.62 bits per heavy atom. The van der Waals surface area contributed by atoms with E-state index < -0.39 is 11.6 Å². The molecule has 2 aromatic rings. The zero-order valence-corrected chi connectivity index (χ0v) is 12.0. The van der Waals surface area contributed by atoms with Gasteiger partial charge in [-0.25, -0.2) is 0 Å². The van der Waals surface area contributed by atoms with Crippen LogP contribution in [0.5, 0.6) is 0 Å². The van der Waals surface area contributed by atoms with Crippen molar-refractivity contribution in [2.75, 3.05) is 0 Å². The molecule has 0 heterocycles. The highest BCUT2D eigenvalue weighted by Gasteiger charge is 2.26. The summed E-state index contributed by atoms with van der Waals surface area (Å²) in [5.41, 5.74) is 4.64. The zero-order valence-electron chi connectivity index (χ0n) is 12.0. The van der Waals surface area contributed by atoms with Crippen molar-refractivity contribution in [3.8, 4) is 11.1 Å². The Labute approximate surface area is 123 Å². The Bertz CT molecular complexity index is 701. The predicted molar refractivity (Wildman–Crippen MR) is 81.1 cm³/mol. The largest absolute Gasteiger partial charge is 0.481 e. The molecule has 21 heavy (non-hydrogen) atoms. The number of carboxylic acids is 1. The van der Waals surface area contributed by atoms with Gasteiger partial charge in [-0.2, -0.15) is 0 Å². The third-order valence-electron chi connectivity index (χ3n) is 4.24. The van der Waals surface area contributed by atoms with Crippen molar-refractivity contribution >= 4 is 5.97 Å². The smallest absolute Gasteiger partial charge is 0.303 e. The highest BCUT2D eigenvalue weighted by atomic mass is 16.4. The fourth-order valence-electron chi connectivity index (χ4n) is 2.97. The van der Waals surface area contributed by atoms with Gasteiger partial charge in [-0.15, -0.1) is 0 Å². The van der Waals surface area contributed by atoms with Crippen LogP contribution < -0.4 is 0 Å². The summed E-state index contributed by atoms with van der Waals surface area (Å²) in [6.45, 7) is 1.68. The molecule has 3 rings (SSSR count). The summed E-state index contributed by atoms with van der Waals surface area (Å²) >= 11 is 0. The monoisotopic (exact) mass is 282 g/mol. The van der Waals surface area contributed by atoms with E-state index in [4.69, 9.17) is 5.11 Å². The van der Waals surface area contributed by atoms with Crippen LogP contribution in [0.15, 0.2) is 42.5 Å². The van der Waals surface area contributed by atoms with Gasteiger partial charge >= 0.3 is 5.97 Å². The van der Waals surface area contributed by atoms with E-state index in [1.54, 1.807) is 6.92 Å². The summed E-state index contributed by atoms with van der Waals surface area (Å²) in [5.74, 6) is -0.885. The molecule has 0 aromatic heterocycles. The van der Waals surface area contributed by atoms with Crippen molar-refractivity contribution in [2.45, 2.75) is 31.8 Å². The Morgan fingerprint density at radius 1 is 1.14 bits per heavy atom. The minimum atomic E-state index is -1.11. The summed E-state index contributed by atoms with van der Waals surface area (Å²) in [6.07, 6.45) is 1.05. The van der Waals surface area contributed by atoms with Gasteiger partial charge in [0.25, 0.3) is 0 Å². The van der Waals surface area contributed by atoms with Crippen LogP contribution in [0.3, 0.4) is 0 Å². The molecule has 2 N–H and O–H groups in total. The normalized spacial score (nSPS) is 15.1. The van der Waals surface area contributed by atoms with Crippen LogP contribution in [0.4, 0.5) is 0 Å². The molecule has 1 aliphatic rings. The first-order valence-electron chi connectivity index (χ1n) is 7.13. The number of hydrogen-bond donors (Lipinski definition) is 2. The van der Waals surface area contributed by atoms with Crippen molar-refractivity contribution in [3.63, 3.8) is 0 Å². The molecule has 2 aromatic carbocycles. The number of carbonyl (C=O) groups is 1. The average molecular weight is 282 g/mol. The molecule has 0 saturated heterocycles.